The highest BCUT2D eigenvalue weighted by molar-refractivity contribution is 5.91. The molecule has 0 atom stereocenters. The summed E-state index contributed by atoms with van der Waals surface area (Å²) in [6, 6.07) is 18.3. The summed E-state index contributed by atoms with van der Waals surface area (Å²) in [5.74, 6) is -0.0906. The fourth-order valence-corrected chi connectivity index (χ4v) is 3.94. The second kappa shape index (κ2) is 7.70. The van der Waals surface area contributed by atoms with Crippen LogP contribution in [0.1, 0.15) is 36.9 Å². The Labute approximate surface area is 159 Å². The van der Waals surface area contributed by atoms with Gasteiger partial charge in [-0.1, -0.05) is 55.3 Å². The summed E-state index contributed by atoms with van der Waals surface area (Å²) in [6.45, 7) is 0.670. The van der Waals surface area contributed by atoms with Gasteiger partial charge in [-0.3, -0.25) is 9.78 Å². The third-order valence-corrected chi connectivity index (χ3v) is 5.42. The number of nitrogens with one attached hydrogen (secondary N) is 1. The van der Waals surface area contributed by atoms with Crippen LogP contribution in [0.25, 0.3) is 17.1 Å². The molecule has 0 unspecified atom stereocenters. The first-order valence-corrected chi connectivity index (χ1v) is 9.48. The molecule has 0 bridgehead atoms. The quantitative estimate of drug-likeness (QED) is 0.694. The maximum absolute atomic E-state index is 12.4. The van der Waals surface area contributed by atoms with Crippen LogP contribution in [0.15, 0.2) is 66.9 Å². The Kier molecular flexibility index (Phi) is 4.97. The number of carbonyl (C=O) groups excluding carboxylic acids is 1. The molecular formula is C23H23N3O. The zero-order valence-corrected chi connectivity index (χ0v) is 15.3. The number of hydrogen-bond donors (Lipinski definition) is 1. The van der Waals surface area contributed by atoms with Gasteiger partial charge in [0.1, 0.15) is 0 Å². The van der Waals surface area contributed by atoms with Crippen molar-refractivity contribution >= 4 is 23.0 Å². The van der Waals surface area contributed by atoms with Gasteiger partial charge in [0.05, 0.1) is 22.9 Å². The molecule has 1 aromatic heterocycles. The number of para-hydroxylation sites is 2. The summed E-state index contributed by atoms with van der Waals surface area (Å²) in [5.41, 5.74) is 3.75. The molecule has 0 spiro atoms. The zero-order chi connectivity index (χ0) is 18.5. The van der Waals surface area contributed by atoms with E-state index in [4.69, 9.17) is 0 Å². The van der Waals surface area contributed by atoms with E-state index in [9.17, 15) is 4.79 Å². The highest BCUT2D eigenvalue weighted by Crippen LogP contribution is 2.40. The van der Waals surface area contributed by atoms with Gasteiger partial charge >= 0.3 is 0 Å². The third kappa shape index (κ3) is 3.90. The Bertz CT molecular complexity index is 960. The highest BCUT2D eigenvalue weighted by Gasteiger charge is 2.35. The van der Waals surface area contributed by atoms with Crippen LogP contribution in [0.4, 0.5) is 0 Å². The van der Waals surface area contributed by atoms with E-state index in [1.165, 1.54) is 18.4 Å². The molecule has 136 valence electrons. The molecule has 0 saturated heterocycles. The van der Waals surface area contributed by atoms with Crippen molar-refractivity contribution in [2.24, 2.45) is 0 Å². The zero-order valence-electron chi connectivity index (χ0n) is 15.3. The van der Waals surface area contributed by atoms with E-state index in [0.29, 0.717) is 12.2 Å². The smallest absolute Gasteiger partial charge is 0.244 e. The lowest BCUT2D eigenvalue weighted by Crippen LogP contribution is -2.38. The number of nitrogens with zero attached hydrogens (tertiary/aromatic N) is 2. The highest BCUT2D eigenvalue weighted by atomic mass is 16.1. The van der Waals surface area contributed by atoms with Crippen molar-refractivity contribution in [2.45, 2.75) is 31.1 Å². The van der Waals surface area contributed by atoms with Crippen LogP contribution >= 0.6 is 0 Å². The van der Waals surface area contributed by atoms with Crippen LogP contribution in [0.5, 0.6) is 0 Å². The first-order chi connectivity index (χ1) is 13.3. The van der Waals surface area contributed by atoms with Crippen molar-refractivity contribution in [3.63, 3.8) is 0 Å². The average Bonchev–Trinajstić information content (AvgIpc) is 3.21. The maximum Gasteiger partial charge on any atom is 0.244 e. The molecule has 0 radical (unpaired) electrons. The van der Waals surface area contributed by atoms with Crippen molar-refractivity contribution < 1.29 is 4.79 Å². The predicted octanol–water partition coefficient (Wildman–Crippen LogP) is 4.27. The Hall–Kier alpha value is -3.01. The molecule has 4 heteroatoms. The van der Waals surface area contributed by atoms with Gasteiger partial charge in [-0.05, 0) is 36.6 Å². The largest absolute Gasteiger partial charge is 0.352 e. The van der Waals surface area contributed by atoms with Crippen LogP contribution in [0.3, 0.4) is 0 Å². The normalized spacial score (nSPS) is 16.0. The molecule has 1 amide bonds. The van der Waals surface area contributed by atoms with Crippen molar-refractivity contribution in [3.05, 3.63) is 78.1 Å². The van der Waals surface area contributed by atoms with Crippen LogP contribution in [0.2, 0.25) is 0 Å². The van der Waals surface area contributed by atoms with E-state index in [1.54, 1.807) is 18.3 Å². The molecule has 1 N–H and O–H groups in total. The van der Waals surface area contributed by atoms with E-state index in [-0.39, 0.29) is 11.3 Å². The van der Waals surface area contributed by atoms with Gasteiger partial charge in [0.2, 0.25) is 5.91 Å². The van der Waals surface area contributed by atoms with Crippen LogP contribution in [-0.4, -0.2) is 22.4 Å². The van der Waals surface area contributed by atoms with Crippen LogP contribution in [0, 0.1) is 0 Å². The molecule has 4 rings (SSSR count). The van der Waals surface area contributed by atoms with E-state index in [1.807, 2.05) is 30.3 Å². The van der Waals surface area contributed by atoms with Gasteiger partial charge in [-0.15, -0.1) is 0 Å². The number of amides is 1. The van der Waals surface area contributed by atoms with Crippen molar-refractivity contribution in [3.8, 4) is 0 Å². The predicted molar refractivity (Wildman–Crippen MR) is 108 cm³/mol. The summed E-state index contributed by atoms with van der Waals surface area (Å²) in [6.07, 6.45) is 9.63. The van der Waals surface area contributed by atoms with Crippen LogP contribution < -0.4 is 5.32 Å². The number of hydrogen-bond acceptors (Lipinski definition) is 3. The Morgan fingerprint density at radius 2 is 1.70 bits per heavy atom. The minimum Gasteiger partial charge on any atom is -0.352 e. The lowest BCUT2D eigenvalue weighted by Gasteiger charge is -2.29. The number of rotatable bonds is 5. The minimum absolute atomic E-state index is 0.0630. The van der Waals surface area contributed by atoms with E-state index >= 15 is 0 Å². The molecule has 2 aromatic carbocycles. The van der Waals surface area contributed by atoms with Crippen molar-refractivity contribution in [1.82, 2.24) is 15.3 Å². The van der Waals surface area contributed by atoms with Gasteiger partial charge in [0.25, 0.3) is 0 Å². The summed E-state index contributed by atoms with van der Waals surface area (Å²) < 4.78 is 0. The molecular weight excluding hydrogens is 334 g/mol. The fraction of sp³-hybridized carbons (Fsp3) is 0.261. The number of carbonyl (C=O) groups is 1. The SMILES string of the molecule is O=C(/C=C/c1cnc2ccccc2n1)NCC1(c2ccccc2)CCCC1. The fourth-order valence-electron chi connectivity index (χ4n) is 3.94. The monoisotopic (exact) mass is 357 g/mol. The molecule has 1 aliphatic carbocycles. The molecule has 1 fully saturated rings. The lowest BCUT2D eigenvalue weighted by atomic mass is 9.79. The van der Waals surface area contributed by atoms with Gasteiger partial charge in [0, 0.05) is 18.0 Å². The van der Waals surface area contributed by atoms with Crippen molar-refractivity contribution in [1.29, 1.82) is 0 Å². The first kappa shape index (κ1) is 17.4. The van der Waals surface area contributed by atoms with Gasteiger partial charge in [0.15, 0.2) is 0 Å². The molecule has 0 aliphatic heterocycles. The average molecular weight is 357 g/mol. The van der Waals surface area contributed by atoms with E-state index < -0.39 is 0 Å². The second-order valence-electron chi connectivity index (χ2n) is 7.19. The Morgan fingerprint density at radius 3 is 2.48 bits per heavy atom. The molecule has 1 saturated carbocycles. The Balaban J connectivity index is 1.43. The first-order valence-electron chi connectivity index (χ1n) is 9.48. The molecule has 1 heterocycles. The minimum atomic E-state index is -0.0906. The second-order valence-corrected chi connectivity index (χ2v) is 7.19. The van der Waals surface area contributed by atoms with E-state index in [2.05, 4.69) is 39.6 Å². The summed E-state index contributed by atoms with van der Waals surface area (Å²) in [5, 5.41) is 3.10. The number of fused-ring (bicyclic) bond motifs is 1. The Morgan fingerprint density at radius 1 is 1.00 bits per heavy atom. The van der Waals surface area contributed by atoms with Gasteiger partial charge in [-0.25, -0.2) is 4.98 Å². The summed E-state index contributed by atoms with van der Waals surface area (Å²) >= 11 is 0. The third-order valence-electron chi connectivity index (χ3n) is 5.42. The standard InChI is InChI=1S/C23H23N3O/c27-22(13-12-19-16-24-20-10-4-5-11-21(20)26-19)25-17-23(14-6-7-15-23)18-8-2-1-3-9-18/h1-5,8-13,16H,6-7,14-15,17H2,(H,25,27)/b13-12+. The maximum atomic E-state index is 12.4. The topological polar surface area (TPSA) is 54.9 Å². The number of aromatic nitrogens is 2. The summed E-state index contributed by atoms with van der Waals surface area (Å²) in [7, 11) is 0. The molecule has 27 heavy (non-hydrogen) atoms. The molecule has 4 nitrogen and oxygen atoms in total. The molecule has 3 aromatic rings. The van der Waals surface area contributed by atoms with Crippen molar-refractivity contribution in [2.75, 3.05) is 6.54 Å². The van der Waals surface area contributed by atoms with E-state index in [0.717, 1.165) is 23.9 Å². The number of benzene rings is 2. The molecule has 1 aliphatic rings. The van der Waals surface area contributed by atoms with Gasteiger partial charge in [-0.2, -0.15) is 0 Å². The lowest BCUT2D eigenvalue weighted by molar-refractivity contribution is -0.116. The van der Waals surface area contributed by atoms with Crippen LogP contribution in [-0.2, 0) is 10.2 Å². The van der Waals surface area contributed by atoms with Gasteiger partial charge < -0.3 is 5.32 Å². The summed E-state index contributed by atoms with van der Waals surface area (Å²) in [4.78, 5) is 21.3.